The Morgan fingerprint density at radius 2 is 2.10 bits per heavy atom. The highest BCUT2D eigenvalue weighted by Gasteiger charge is 2.09. The second-order valence-electron chi connectivity index (χ2n) is 4.32. The number of rotatable bonds is 4. The van der Waals surface area contributed by atoms with E-state index in [4.69, 9.17) is 17.3 Å². The third kappa shape index (κ3) is 2.65. The van der Waals surface area contributed by atoms with Crippen molar-refractivity contribution in [1.82, 2.24) is 14.6 Å². The molecule has 2 N–H and O–H groups in total. The van der Waals surface area contributed by atoms with E-state index in [0.29, 0.717) is 11.6 Å². The summed E-state index contributed by atoms with van der Waals surface area (Å²) in [5.74, 6) is 0. The molecule has 0 aliphatic carbocycles. The second kappa shape index (κ2) is 5.83. The zero-order valence-corrected chi connectivity index (χ0v) is 12.2. The molecule has 0 saturated carbocycles. The topological polar surface area (TPSA) is 56.2 Å². The van der Waals surface area contributed by atoms with Crippen LogP contribution < -0.4 is 5.73 Å². The molecule has 0 radical (unpaired) electrons. The van der Waals surface area contributed by atoms with Crippen molar-refractivity contribution in [2.24, 2.45) is 5.73 Å². The smallest absolute Gasteiger partial charge is 0.200 e. The third-order valence-electron chi connectivity index (χ3n) is 2.91. The van der Waals surface area contributed by atoms with Crippen LogP contribution in [0.2, 0.25) is 5.02 Å². The SMILES string of the molecule is NCCc1ccc(Sc2nnc3ccccn23)c(Cl)c1. The Labute approximate surface area is 126 Å². The molecule has 0 bridgehead atoms. The van der Waals surface area contributed by atoms with Crippen molar-refractivity contribution in [3.8, 4) is 0 Å². The maximum absolute atomic E-state index is 6.31. The Morgan fingerprint density at radius 1 is 1.20 bits per heavy atom. The van der Waals surface area contributed by atoms with E-state index in [-0.39, 0.29) is 0 Å². The van der Waals surface area contributed by atoms with Gasteiger partial charge in [0.1, 0.15) is 0 Å². The molecule has 2 aromatic heterocycles. The average molecular weight is 305 g/mol. The quantitative estimate of drug-likeness (QED) is 0.805. The van der Waals surface area contributed by atoms with Crippen LogP contribution in [0.4, 0.5) is 0 Å². The van der Waals surface area contributed by atoms with Crippen LogP contribution >= 0.6 is 23.4 Å². The van der Waals surface area contributed by atoms with E-state index in [1.807, 2.05) is 47.0 Å². The van der Waals surface area contributed by atoms with E-state index in [0.717, 1.165) is 27.7 Å². The number of hydrogen-bond donors (Lipinski definition) is 1. The van der Waals surface area contributed by atoms with E-state index in [1.165, 1.54) is 11.8 Å². The molecule has 6 heteroatoms. The van der Waals surface area contributed by atoms with Crippen LogP contribution in [0, 0.1) is 0 Å². The van der Waals surface area contributed by atoms with Crippen molar-refractivity contribution in [3.63, 3.8) is 0 Å². The molecule has 102 valence electrons. The van der Waals surface area contributed by atoms with Crippen molar-refractivity contribution >= 4 is 29.0 Å². The minimum atomic E-state index is 0.623. The highest BCUT2D eigenvalue weighted by molar-refractivity contribution is 7.99. The van der Waals surface area contributed by atoms with E-state index >= 15 is 0 Å². The van der Waals surface area contributed by atoms with E-state index in [1.54, 1.807) is 0 Å². The Balaban J connectivity index is 1.91. The lowest BCUT2D eigenvalue weighted by Crippen LogP contribution is -2.02. The number of halogens is 1. The van der Waals surface area contributed by atoms with Crippen LogP contribution in [0.5, 0.6) is 0 Å². The fourth-order valence-electron chi connectivity index (χ4n) is 1.94. The van der Waals surface area contributed by atoms with E-state index in [2.05, 4.69) is 10.2 Å². The average Bonchev–Trinajstić information content (AvgIpc) is 2.86. The number of hydrogen-bond acceptors (Lipinski definition) is 4. The summed E-state index contributed by atoms with van der Waals surface area (Å²) in [6, 6.07) is 11.8. The first-order valence-corrected chi connectivity index (χ1v) is 7.43. The normalized spacial score (nSPS) is 11.1. The molecule has 0 spiro atoms. The van der Waals surface area contributed by atoms with Crippen molar-refractivity contribution in [2.45, 2.75) is 16.5 Å². The fraction of sp³-hybridized carbons (Fsp3) is 0.143. The lowest BCUT2D eigenvalue weighted by atomic mass is 10.1. The van der Waals surface area contributed by atoms with Gasteiger partial charge in [-0.2, -0.15) is 0 Å². The summed E-state index contributed by atoms with van der Waals surface area (Å²) in [6.45, 7) is 0.623. The third-order valence-corrected chi connectivity index (χ3v) is 4.37. The summed E-state index contributed by atoms with van der Waals surface area (Å²) in [5, 5.41) is 9.83. The van der Waals surface area contributed by atoms with E-state index < -0.39 is 0 Å². The molecule has 0 aliphatic heterocycles. The fourth-order valence-corrected chi connectivity index (χ4v) is 3.08. The van der Waals surface area contributed by atoms with Gasteiger partial charge in [0, 0.05) is 11.1 Å². The highest BCUT2D eigenvalue weighted by Crippen LogP contribution is 2.33. The summed E-state index contributed by atoms with van der Waals surface area (Å²) >= 11 is 7.82. The molecule has 2 heterocycles. The van der Waals surface area contributed by atoms with Gasteiger partial charge in [-0.3, -0.25) is 4.40 Å². The lowest BCUT2D eigenvalue weighted by Gasteiger charge is -2.05. The molecule has 3 aromatic rings. The van der Waals surface area contributed by atoms with Crippen LogP contribution in [0.1, 0.15) is 5.56 Å². The molecule has 4 nitrogen and oxygen atoms in total. The molecule has 0 aliphatic rings. The molecule has 1 aromatic carbocycles. The first kappa shape index (κ1) is 13.4. The van der Waals surface area contributed by atoms with Gasteiger partial charge in [0.15, 0.2) is 10.8 Å². The predicted molar refractivity (Wildman–Crippen MR) is 81.3 cm³/mol. The molecule has 0 fully saturated rings. The van der Waals surface area contributed by atoms with Crippen molar-refractivity contribution in [1.29, 1.82) is 0 Å². The molecular formula is C14H13ClN4S. The van der Waals surface area contributed by atoms with Crippen LogP contribution in [0.3, 0.4) is 0 Å². The number of aromatic nitrogens is 3. The van der Waals surface area contributed by atoms with Crippen LogP contribution in [0.25, 0.3) is 5.65 Å². The number of nitrogens with zero attached hydrogens (tertiary/aromatic N) is 3. The van der Waals surface area contributed by atoms with Crippen LogP contribution in [-0.2, 0) is 6.42 Å². The molecule has 20 heavy (non-hydrogen) atoms. The van der Waals surface area contributed by atoms with Gasteiger partial charge < -0.3 is 5.73 Å². The monoisotopic (exact) mass is 304 g/mol. The first-order valence-electron chi connectivity index (χ1n) is 6.24. The number of fused-ring (bicyclic) bond motifs is 1. The van der Waals surface area contributed by atoms with Gasteiger partial charge in [-0.05, 0) is 54.6 Å². The maximum Gasteiger partial charge on any atom is 0.200 e. The number of nitrogens with two attached hydrogens (primary N) is 1. The molecule has 3 rings (SSSR count). The molecule has 0 unspecified atom stereocenters. The minimum absolute atomic E-state index is 0.623. The largest absolute Gasteiger partial charge is 0.330 e. The summed E-state index contributed by atoms with van der Waals surface area (Å²) in [6.07, 6.45) is 2.77. The summed E-state index contributed by atoms with van der Waals surface area (Å²) < 4.78 is 1.94. The molecular weight excluding hydrogens is 292 g/mol. The molecule has 0 atom stereocenters. The van der Waals surface area contributed by atoms with Gasteiger partial charge in [-0.15, -0.1) is 10.2 Å². The zero-order chi connectivity index (χ0) is 13.9. The minimum Gasteiger partial charge on any atom is -0.330 e. The number of benzene rings is 1. The summed E-state index contributed by atoms with van der Waals surface area (Å²) in [7, 11) is 0. The van der Waals surface area contributed by atoms with Gasteiger partial charge in [0.2, 0.25) is 0 Å². The maximum atomic E-state index is 6.31. The molecule has 0 saturated heterocycles. The van der Waals surface area contributed by atoms with Gasteiger partial charge in [-0.25, -0.2) is 0 Å². The van der Waals surface area contributed by atoms with Gasteiger partial charge in [-0.1, -0.05) is 23.7 Å². The number of pyridine rings is 1. The summed E-state index contributed by atoms with van der Waals surface area (Å²) in [4.78, 5) is 0.964. The lowest BCUT2D eigenvalue weighted by molar-refractivity contribution is 0.921. The first-order chi connectivity index (χ1) is 9.78. The van der Waals surface area contributed by atoms with Gasteiger partial charge in [0.25, 0.3) is 0 Å². The van der Waals surface area contributed by atoms with Crippen LogP contribution in [0.15, 0.2) is 52.6 Å². The van der Waals surface area contributed by atoms with Crippen molar-refractivity contribution in [2.75, 3.05) is 6.54 Å². The van der Waals surface area contributed by atoms with E-state index in [9.17, 15) is 0 Å². The van der Waals surface area contributed by atoms with Gasteiger partial charge >= 0.3 is 0 Å². The second-order valence-corrected chi connectivity index (χ2v) is 5.73. The van der Waals surface area contributed by atoms with Crippen LogP contribution in [-0.4, -0.2) is 21.1 Å². The summed E-state index contributed by atoms with van der Waals surface area (Å²) in [5.41, 5.74) is 7.52. The standard InChI is InChI=1S/C14H13ClN4S/c15-11-9-10(6-7-16)4-5-12(11)20-14-18-17-13-3-1-2-8-19(13)14/h1-5,8-9H,6-7,16H2. The highest BCUT2D eigenvalue weighted by atomic mass is 35.5. The Morgan fingerprint density at radius 3 is 2.90 bits per heavy atom. The predicted octanol–water partition coefficient (Wildman–Crippen LogP) is 3.04. The van der Waals surface area contributed by atoms with Gasteiger partial charge in [0.05, 0.1) is 5.02 Å². The zero-order valence-electron chi connectivity index (χ0n) is 10.7. The van der Waals surface area contributed by atoms with Crippen molar-refractivity contribution in [3.05, 3.63) is 53.2 Å². The molecule has 0 amide bonds. The Kier molecular flexibility index (Phi) is 3.91. The Bertz CT molecular complexity index is 741. The Hall–Kier alpha value is -1.56. The van der Waals surface area contributed by atoms with Crippen molar-refractivity contribution < 1.29 is 0 Å².